The number of hydroxylamine groups is 1. The molecule has 1 spiro atoms. The molecule has 4 heteroatoms. The van der Waals surface area contributed by atoms with Crippen LogP contribution >= 0.6 is 0 Å². The lowest BCUT2D eigenvalue weighted by Crippen LogP contribution is -2.53. The van der Waals surface area contributed by atoms with Crippen LogP contribution < -0.4 is 5.48 Å². The number of hydrogen-bond acceptors (Lipinski definition) is 4. The molecule has 1 fully saturated rings. The quantitative estimate of drug-likeness (QED) is 0.778. The largest absolute Gasteiger partial charge is 0.512 e. The lowest BCUT2D eigenvalue weighted by Gasteiger charge is -2.52. The van der Waals surface area contributed by atoms with E-state index in [0.717, 1.165) is 36.2 Å². The van der Waals surface area contributed by atoms with Gasteiger partial charge in [-0.1, -0.05) is 0 Å². The number of hydrogen-bond donors (Lipinski definition) is 2. The summed E-state index contributed by atoms with van der Waals surface area (Å²) in [6, 6.07) is 0.142. The monoisotopic (exact) mass is 293 g/mol. The average Bonchev–Trinajstić information content (AvgIpc) is 2.41. The summed E-state index contributed by atoms with van der Waals surface area (Å²) in [5, 5.41) is 10.3. The summed E-state index contributed by atoms with van der Waals surface area (Å²) >= 11 is 0. The van der Waals surface area contributed by atoms with Crippen LogP contribution in [0.4, 0.5) is 0 Å². The number of aliphatic hydroxyl groups is 1. The van der Waals surface area contributed by atoms with Crippen molar-refractivity contribution in [3.63, 3.8) is 0 Å². The second-order valence-electron chi connectivity index (χ2n) is 7.17. The molecule has 0 aromatic carbocycles. The minimum atomic E-state index is -0.243. The van der Waals surface area contributed by atoms with Gasteiger partial charge in [-0.2, -0.15) is 5.48 Å². The highest BCUT2D eigenvalue weighted by Crippen LogP contribution is 2.54. The van der Waals surface area contributed by atoms with Crippen molar-refractivity contribution in [2.45, 2.75) is 71.4 Å². The number of nitrogens with one attached hydrogen (secondary N) is 1. The molecule has 0 bridgehead atoms. The zero-order chi connectivity index (χ0) is 15.3. The summed E-state index contributed by atoms with van der Waals surface area (Å²) in [7, 11) is 0. The number of aliphatic hydroxyl groups excluding tert-OH is 1. The van der Waals surface area contributed by atoms with Gasteiger partial charge in [-0.15, -0.1) is 0 Å². The number of rotatable bonds is 3. The minimum Gasteiger partial charge on any atom is -0.512 e. The SMILES string of the molecule is CCONC1CC2(CCC2)OC2=C1CC(O)=C(C)C2(C)C. The van der Waals surface area contributed by atoms with Crippen molar-refractivity contribution in [1.82, 2.24) is 5.48 Å². The van der Waals surface area contributed by atoms with E-state index in [1.54, 1.807) is 0 Å². The summed E-state index contributed by atoms with van der Waals surface area (Å²) in [6.07, 6.45) is 5.00. The Morgan fingerprint density at radius 3 is 2.67 bits per heavy atom. The molecule has 3 aliphatic rings. The van der Waals surface area contributed by atoms with E-state index >= 15 is 0 Å². The Morgan fingerprint density at radius 1 is 1.38 bits per heavy atom. The number of allylic oxidation sites excluding steroid dienone is 2. The molecule has 2 aliphatic carbocycles. The standard InChI is InChI=1S/C17H27NO3/c1-5-20-18-13-10-17(7-6-8-17)21-15-12(13)9-14(19)11(2)16(15,3)4/h13,18-19H,5-10H2,1-4H3. The van der Waals surface area contributed by atoms with Crippen molar-refractivity contribution in [1.29, 1.82) is 0 Å². The van der Waals surface area contributed by atoms with E-state index in [-0.39, 0.29) is 17.1 Å². The zero-order valence-corrected chi connectivity index (χ0v) is 13.6. The first-order valence-corrected chi connectivity index (χ1v) is 8.09. The summed E-state index contributed by atoms with van der Waals surface area (Å²) in [5.74, 6) is 1.54. The maximum atomic E-state index is 10.3. The Labute approximate surface area is 127 Å². The molecule has 21 heavy (non-hydrogen) atoms. The fourth-order valence-electron chi connectivity index (χ4n) is 3.73. The Kier molecular flexibility index (Phi) is 3.57. The van der Waals surface area contributed by atoms with Gasteiger partial charge in [-0.3, -0.25) is 0 Å². The maximum Gasteiger partial charge on any atom is 0.111 e. The third-order valence-corrected chi connectivity index (χ3v) is 5.54. The molecule has 1 atom stereocenters. The van der Waals surface area contributed by atoms with E-state index in [2.05, 4.69) is 19.3 Å². The molecule has 0 saturated heterocycles. The summed E-state index contributed by atoms with van der Waals surface area (Å²) in [5.41, 5.74) is 5.12. The van der Waals surface area contributed by atoms with Gasteiger partial charge in [0.25, 0.3) is 0 Å². The third kappa shape index (κ3) is 2.29. The molecule has 118 valence electrons. The maximum absolute atomic E-state index is 10.3. The van der Waals surface area contributed by atoms with Gasteiger partial charge >= 0.3 is 0 Å². The van der Waals surface area contributed by atoms with Gasteiger partial charge in [0.1, 0.15) is 11.4 Å². The normalized spacial score (nSPS) is 30.0. The van der Waals surface area contributed by atoms with Gasteiger partial charge in [0.05, 0.1) is 18.4 Å². The van der Waals surface area contributed by atoms with Crippen LogP contribution in [0.25, 0.3) is 0 Å². The molecule has 0 amide bonds. The van der Waals surface area contributed by atoms with E-state index in [9.17, 15) is 5.11 Å². The topological polar surface area (TPSA) is 50.7 Å². The first-order valence-electron chi connectivity index (χ1n) is 8.09. The van der Waals surface area contributed by atoms with Gasteiger partial charge in [0.15, 0.2) is 0 Å². The minimum absolute atomic E-state index is 0.0158. The van der Waals surface area contributed by atoms with Crippen LogP contribution in [-0.2, 0) is 9.57 Å². The van der Waals surface area contributed by atoms with Crippen LogP contribution in [0, 0.1) is 5.41 Å². The lowest BCUT2D eigenvalue weighted by atomic mass is 9.67. The fourth-order valence-corrected chi connectivity index (χ4v) is 3.73. The van der Waals surface area contributed by atoms with Crippen LogP contribution in [0.5, 0.6) is 0 Å². The van der Waals surface area contributed by atoms with Crippen LogP contribution in [0.3, 0.4) is 0 Å². The van der Waals surface area contributed by atoms with Crippen molar-refractivity contribution < 1.29 is 14.7 Å². The van der Waals surface area contributed by atoms with E-state index in [1.165, 1.54) is 6.42 Å². The first-order chi connectivity index (χ1) is 9.89. The first kappa shape index (κ1) is 14.9. The highest BCUT2D eigenvalue weighted by atomic mass is 16.6. The molecule has 1 unspecified atom stereocenters. The molecule has 0 aromatic heterocycles. The van der Waals surface area contributed by atoms with Crippen molar-refractivity contribution >= 4 is 0 Å². The van der Waals surface area contributed by atoms with Gasteiger partial charge in [-0.05, 0) is 58.1 Å². The van der Waals surface area contributed by atoms with E-state index < -0.39 is 0 Å². The lowest BCUT2D eigenvalue weighted by molar-refractivity contribution is -0.115. The Hall–Kier alpha value is -1.00. The molecule has 1 aliphatic heterocycles. The van der Waals surface area contributed by atoms with Gasteiger partial charge in [0.2, 0.25) is 0 Å². The van der Waals surface area contributed by atoms with Gasteiger partial charge < -0.3 is 14.7 Å². The third-order valence-electron chi connectivity index (χ3n) is 5.54. The predicted molar refractivity (Wildman–Crippen MR) is 81.6 cm³/mol. The van der Waals surface area contributed by atoms with Crippen molar-refractivity contribution in [3.8, 4) is 0 Å². The highest BCUT2D eigenvalue weighted by Gasteiger charge is 2.51. The zero-order valence-electron chi connectivity index (χ0n) is 13.6. The van der Waals surface area contributed by atoms with Gasteiger partial charge in [0, 0.05) is 18.3 Å². The summed E-state index contributed by atoms with van der Waals surface area (Å²) < 4.78 is 6.50. The summed E-state index contributed by atoms with van der Waals surface area (Å²) in [4.78, 5) is 5.48. The molecular weight excluding hydrogens is 266 g/mol. The van der Waals surface area contributed by atoms with Crippen molar-refractivity contribution in [2.75, 3.05) is 6.61 Å². The van der Waals surface area contributed by atoms with E-state index in [1.807, 2.05) is 13.8 Å². The Bertz CT molecular complexity index is 500. The van der Waals surface area contributed by atoms with Crippen molar-refractivity contribution in [3.05, 3.63) is 22.7 Å². The molecule has 2 N–H and O–H groups in total. The van der Waals surface area contributed by atoms with E-state index in [4.69, 9.17) is 9.57 Å². The Morgan fingerprint density at radius 2 is 2.10 bits per heavy atom. The van der Waals surface area contributed by atoms with Gasteiger partial charge in [-0.25, -0.2) is 0 Å². The molecule has 4 nitrogen and oxygen atoms in total. The fraction of sp³-hybridized carbons (Fsp3) is 0.765. The second-order valence-corrected chi connectivity index (χ2v) is 7.17. The van der Waals surface area contributed by atoms with Crippen LogP contribution in [0.2, 0.25) is 0 Å². The molecule has 1 saturated carbocycles. The van der Waals surface area contributed by atoms with Crippen LogP contribution in [0.15, 0.2) is 22.7 Å². The highest BCUT2D eigenvalue weighted by molar-refractivity contribution is 5.40. The molecule has 0 aromatic rings. The average molecular weight is 293 g/mol. The van der Waals surface area contributed by atoms with Crippen LogP contribution in [0.1, 0.15) is 59.8 Å². The van der Waals surface area contributed by atoms with Crippen molar-refractivity contribution in [2.24, 2.45) is 5.41 Å². The second kappa shape index (κ2) is 5.03. The molecule has 1 heterocycles. The summed E-state index contributed by atoms with van der Waals surface area (Å²) in [6.45, 7) is 8.91. The van der Waals surface area contributed by atoms with Crippen LogP contribution in [-0.4, -0.2) is 23.4 Å². The Balaban J connectivity index is 1.97. The van der Waals surface area contributed by atoms with E-state index in [0.29, 0.717) is 18.8 Å². The molecular formula is C17H27NO3. The predicted octanol–water partition coefficient (Wildman–Crippen LogP) is 3.76. The molecule has 3 rings (SSSR count). The molecule has 0 radical (unpaired) electrons. The number of ether oxygens (including phenoxy) is 1. The smallest absolute Gasteiger partial charge is 0.111 e.